The predicted molar refractivity (Wildman–Crippen MR) is 117 cm³/mol. The second-order valence-electron chi connectivity index (χ2n) is 6.82. The van der Waals surface area contributed by atoms with Gasteiger partial charge in [-0.1, -0.05) is 53.0 Å². The van der Waals surface area contributed by atoms with Crippen molar-refractivity contribution < 1.29 is 14.3 Å². The van der Waals surface area contributed by atoms with E-state index in [9.17, 15) is 9.59 Å². The summed E-state index contributed by atoms with van der Waals surface area (Å²) in [6, 6.07) is 11.1. The van der Waals surface area contributed by atoms with E-state index in [4.69, 9.17) is 39.5 Å². The number of hydrogen-bond donors (Lipinski definition) is 1. The molecule has 2 aromatic carbocycles. The van der Waals surface area contributed by atoms with Crippen molar-refractivity contribution in [3.8, 4) is 5.75 Å². The number of carbonyl (C=O) groups excluding carboxylic acids is 2. The monoisotopic (exact) mass is 456 g/mol. The van der Waals surface area contributed by atoms with Crippen LogP contribution in [-0.4, -0.2) is 35.4 Å². The van der Waals surface area contributed by atoms with Gasteiger partial charge in [0.1, 0.15) is 11.8 Å². The molecule has 2 rings (SSSR count). The minimum atomic E-state index is -0.730. The van der Waals surface area contributed by atoms with E-state index >= 15 is 0 Å². The highest BCUT2D eigenvalue weighted by Gasteiger charge is 2.27. The summed E-state index contributed by atoms with van der Waals surface area (Å²) in [7, 11) is 0. The fourth-order valence-electron chi connectivity index (χ4n) is 2.61. The van der Waals surface area contributed by atoms with Crippen molar-refractivity contribution in [3.05, 3.63) is 63.1 Å². The molecular weight excluding hydrogens is 435 g/mol. The molecule has 156 valence electrons. The van der Waals surface area contributed by atoms with Gasteiger partial charge in [-0.2, -0.15) is 0 Å². The Morgan fingerprint density at radius 1 is 1.03 bits per heavy atom. The third-order valence-corrected chi connectivity index (χ3v) is 5.04. The van der Waals surface area contributed by atoms with Gasteiger partial charge in [-0.3, -0.25) is 9.59 Å². The summed E-state index contributed by atoms with van der Waals surface area (Å²) in [5.41, 5.74) is 0.673. The van der Waals surface area contributed by atoms with Gasteiger partial charge >= 0.3 is 0 Å². The van der Waals surface area contributed by atoms with Crippen molar-refractivity contribution in [1.82, 2.24) is 10.2 Å². The summed E-state index contributed by atoms with van der Waals surface area (Å²) < 4.78 is 5.57. The van der Waals surface area contributed by atoms with Crippen LogP contribution in [0.1, 0.15) is 26.3 Å². The summed E-state index contributed by atoms with van der Waals surface area (Å²) in [5.74, 6) is -0.246. The molecular formula is C21H23Cl3N2O3. The number of nitrogens with one attached hydrogen (secondary N) is 1. The van der Waals surface area contributed by atoms with Gasteiger partial charge in [0.25, 0.3) is 5.91 Å². The van der Waals surface area contributed by atoms with E-state index in [0.717, 1.165) is 0 Å². The standard InChI is InChI=1S/C21H23Cl3N2O3/c1-13(2)25-21(28)14(3)26(11-15-8-9-16(22)10-18(15)24)20(27)12-29-19-7-5-4-6-17(19)23/h4-10,13-14H,11-12H2,1-3H3,(H,25,28)/t14-/m0/s1. The van der Waals surface area contributed by atoms with E-state index in [1.165, 1.54) is 4.90 Å². The van der Waals surface area contributed by atoms with Gasteiger partial charge in [-0.15, -0.1) is 0 Å². The Morgan fingerprint density at radius 3 is 2.34 bits per heavy atom. The van der Waals surface area contributed by atoms with Crippen LogP contribution in [0, 0.1) is 0 Å². The van der Waals surface area contributed by atoms with Crippen molar-refractivity contribution in [2.45, 2.75) is 39.4 Å². The largest absolute Gasteiger partial charge is 0.482 e. The third kappa shape index (κ3) is 6.81. The van der Waals surface area contributed by atoms with Gasteiger partial charge in [0, 0.05) is 22.6 Å². The van der Waals surface area contributed by atoms with Crippen LogP contribution in [0.2, 0.25) is 15.1 Å². The van der Waals surface area contributed by atoms with Gasteiger partial charge < -0.3 is 15.0 Å². The number of carbonyl (C=O) groups is 2. The first-order valence-corrected chi connectivity index (χ1v) is 10.2. The average Bonchev–Trinajstić information content (AvgIpc) is 2.65. The summed E-state index contributed by atoms with van der Waals surface area (Å²) >= 11 is 18.3. The van der Waals surface area contributed by atoms with Crippen LogP contribution < -0.4 is 10.1 Å². The lowest BCUT2D eigenvalue weighted by Crippen LogP contribution is -2.50. The molecule has 0 fully saturated rings. The molecule has 0 aliphatic rings. The molecule has 0 saturated heterocycles. The summed E-state index contributed by atoms with van der Waals surface area (Å²) in [5, 5.41) is 4.13. The lowest BCUT2D eigenvalue weighted by Gasteiger charge is -2.29. The number of ether oxygens (including phenoxy) is 1. The van der Waals surface area contributed by atoms with Crippen LogP contribution in [0.25, 0.3) is 0 Å². The van der Waals surface area contributed by atoms with Crippen molar-refractivity contribution in [2.24, 2.45) is 0 Å². The zero-order valence-corrected chi connectivity index (χ0v) is 18.7. The third-order valence-electron chi connectivity index (χ3n) is 4.14. The summed E-state index contributed by atoms with van der Waals surface area (Å²) in [6.07, 6.45) is 0. The molecule has 2 aromatic rings. The number of amides is 2. The number of para-hydroxylation sites is 1. The Hall–Kier alpha value is -1.95. The predicted octanol–water partition coefficient (Wildman–Crippen LogP) is 4.97. The molecule has 1 atom stereocenters. The first-order chi connectivity index (χ1) is 13.7. The molecule has 5 nitrogen and oxygen atoms in total. The molecule has 0 aliphatic carbocycles. The van der Waals surface area contributed by atoms with Crippen LogP contribution in [0.4, 0.5) is 0 Å². The molecule has 8 heteroatoms. The van der Waals surface area contributed by atoms with Crippen molar-refractivity contribution in [2.75, 3.05) is 6.61 Å². The highest BCUT2D eigenvalue weighted by molar-refractivity contribution is 6.35. The maximum absolute atomic E-state index is 13.0. The van der Waals surface area contributed by atoms with E-state index in [0.29, 0.717) is 26.4 Å². The molecule has 0 aromatic heterocycles. The minimum Gasteiger partial charge on any atom is -0.482 e. The fraction of sp³-hybridized carbons (Fsp3) is 0.333. The van der Waals surface area contributed by atoms with Gasteiger partial charge in [-0.05, 0) is 50.6 Å². The molecule has 0 aliphatic heterocycles. The number of halogens is 3. The summed E-state index contributed by atoms with van der Waals surface area (Å²) in [4.78, 5) is 26.9. The van der Waals surface area contributed by atoms with Crippen molar-refractivity contribution in [1.29, 1.82) is 0 Å². The molecule has 0 unspecified atom stereocenters. The average molecular weight is 458 g/mol. The Morgan fingerprint density at radius 2 is 1.72 bits per heavy atom. The Kier molecular flexibility index (Phi) is 8.62. The van der Waals surface area contributed by atoms with E-state index in [1.807, 2.05) is 13.8 Å². The molecule has 2 amide bonds. The minimum absolute atomic E-state index is 0.0552. The molecule has 0 heterocycles. The Balaban J connectivity index is 2.21. The SMILES string of the molecule is CC(C)NC(=O)[C@H](C)N(Cc1ccc(Cl)cc1Cl)C(=O)COc1ccccc1Cl. The van der Waals surface area contributed by atoms with E-state index in [2.05, 4.69) is 5.32 Å². The van der Waals surface area contributed by atoms with Gasteiger partial charge in [0.2, 0.25) is 5.91 Å². The topological polar surface area (TPSA) is 58.6 Å². The first-order valence-electron chi connectivity index (χ1n) is 9.10. The number of hydrogen-bond acceptors (Lipinski definition) is 3. The van der Waals surface area contributed by atoms with Gasteiger partial charge in [0.15, 0.2) is 6.61 Å². The maximum atomic E-state index is 13.0. The highest BCUT2D eigenvalue weighted by atomic mass is 35.5. The van der Waals surface area contributed by atoms with E-state index < -0.39 is 6.04 Å². The van der Waals surface area contributed by atoms with Crippen LogP contribution in [-0.2, 0) is 16.1 Å². The molecule has 0 bridgehead atoms. The van der Waals surface area contributed by atoms with Gasteiger partial charge in [0.05, 0.1) is 5.02 Å². The van der Waals surface area contributed by atoms with Crippen LogP contribution in [0.3, 0.4) is 0 Å². The highest BCUT2D eigenvalue weighted by Crippen LogP contribution is 2.25. The molecule has 0 radical (unpaired) electrons. The molecule has 1 N–H and O–H groups in total. The molecule has 29 heavy (non-hydrogen) atoms. The van der Waals surface area contributed by atoms with Gasteiger partial charge in [-0.25, -0.2) is 0 Å². The van der Waals surface area contributed by atoms with Crippen molar-refractivity contribution in [3.63, 3.8) is 0 Å². The number of benzene rings is 2. The zero-order valence-electron chi connectivity index (χ0n) is 16.4. The Bertz CT molecular complexity index is 874. The van der Waals surface area contributed by atoms with Crippen LogP contribution >= 0.6 is 34.8 Å². The quantitative estimate of drug-likeness (QED) is 0.609. The van der Waals surface area contributed by atoms with E-state index in [1.54, 1.807) is 49.4 Å². The second-order valence-corrected chi connectivity index (χ2v) is 8.07. The smallest absolute Gasteiger partial charge is 0.261 e. The van der Waals surface area contributed by atoms with E-state index in [-0.39, 0.29) is 31.0 Å². The van der Waals surface area contributed by atoms with Crippen LogP contribution in [0.5, 0.6) is 5.75 Å². The zero-order chi connectivity index (χ0) is 21.6. The normalized spacial score (nSPS) is 11.8. The second kappa shape index (κ2) is 10.7. The van der Waals surface area contributed by atoms with Crippen LogP contribution in [0.15, 0.2) is 42.5 Å². The maximum Gasteiger partial charge on any atom is 0.261 e. The Labute approximate surface area is 185 Å². The fourth-order valence-corrected chi connectivity index (χ4v) is 3.26. The molecule has 0 saturated carbocycles. The number of rotatable bonds is 8. The lowest BCUT2D eigenvalue weighted by molar-refractivity contribution is -0.142. The lowest BCUT2D eigenvalue weighted by atomic mass is 10.1. The summed E-state index contributed by atoms with van der Waals surface area (Å²) in [6.45, 7) is 5.23. The van der Waals surface area contributed by atoms with Crippen molar-refractivity contribution >= 4 is 46.6 Å². The molecule has 0 spiro atoms. The number of nitrogens with zero attached hydrogens (tertiary/aromatic N) is 1. The first kappa shape index (κ1) is 23.3.